The molecule has 0 aliphatic carbocycles. The van der Waals surface area contributed by atoms with E-state index in [1.54, 1.807) is 24.5 Å². The Morgan fingerprint density at radius 2 is 2.06 bits per heavy atom. The molecule has 0 N–H and O–H groups in total. The van der Waals surface area contributed by atoms with Gasteiger partial charge in [-0.1, -0.05) is 37.7 Å². The molecule has 0 unspecified atom stereocenters. The van der Waals surface area contributed by atoms with Gasteiger partial charge in [0.25, 0.3) is 0 Å². The molecule has 10 heteroatoms. The Bertz CT molecular complexity index is 1200. The Balaban J connectivity index is 1.55. The Labute approximate surface area is 193 Å². The van der Waals surface area contributed by atoms with Gasteiger partial charge in [0.2, 0.25) is 5.91 Å². The van der Waals surface area contributed by atoms with Gasteiger partial charge in [-0.15, -0.1) is 21.5 Å². The van der Waals surface area contributed by atoms with Crippen LogP contribution in [0.25, 0.3) is 11.6 Å². The summed E-state index contributed by atoms with van der Waals surface area (Å²) in [7, 11) is 0. The van der Waals surface area contributed by atoms with Crippen molar-refractivity contribution in [2.24, 2.45) is 5.92 Å². The van der Waals surface area contributed by atoms with Crippen LogP contribution in [0.3, 0.4) is 0 Å². The lowest BCUT2D eigenvalue weighted by Gasteiger charge is -2.18. The summed E-state index contributed by atoms with van der Waals surface area (Å²) in [5, 5.41) is 11.7. The van der Waals surface area contributed by atoms with Crippen LogP contribution in [0, 0.1) is 11.7 Å². The van der Waals surface area contributed by atoms with Crippen molar-refractivity contribution in [3.8, 4) is 11.6 Å². The summed E-state index contributed by atoms with van der Waals surface area (Å²) >= 11 is 2.81. The fourth-order valence-electron chi connectivity index (χ4n) is 3.16. The van der Waals surface area contributed by atoms with Gasteiger partial charge < -0.3 is 4.42 Å². The molecular formula is C22H22FN5O2S2. The zero-order valence-corrected chi connectivity index (χ0v) is 19.5. The first-order valence-electron chi connectivity index (χ1n) is 10.0. The molecule has 3 aromatic heterocycles. The van der Waals surface area contributed by atoms with Gasteiger partial charge in [-0.3, -0.25) is 14.3 Å². The minimum Gasteiger partial charge on any atom is -0.461 e. The van der Waals surface area contributed by atoms with Crippen molar-refractivity contribution >= 4 is 39.8 Å². The molecule has 0 spiro atoms. The zero-order valence-electron chi connectivity index (χ0n) is 17.9. The van der Waals surface area contributed by atoms with Gasteiger partial charge in [-0.25, -0.2) is 9.37 Å². The minimum atomic E-state index is -0.471. The monoisotopic (exact) mass is 471 g/mol. The number of anilines is 2. The van der Waals surface area contributed by atoms with Gasteiger partial charge in [0.05, 0.1) is 17.6 Å². The smallest absolute Gasteiger partial charge is 0.230 e. The van der Waals surface area contributed by atoms with E-state index in [2.05, 4.69) is 29.0 Å². The Morgan fingerprint density at radius 1 is 1.25 bits per heavy atom. The molecule has 0 saturated carbocycles. The lowest BCUT2D eigenvalue weighted by Crippen LogP contribution is -2.23. The minimum absolute atomic E-state index is 0.188. The number of thiazole rings is 1. The van der Waals surface area contributed by atoms with Crippen LogP contribution in [0.2, 0.25) is 0 Å². The summed E-state index contributed by atoms with van der Waals surface area (Å²) < 4.78 is 21.8. The van der Waals surface area contributed by atoms with E-state index in [1.807, 2.05) is 22.1 Å². The molecule has 0 atom stereocenters. The largest absolute Gasteiger partial charge is 0.461 e. The molecule has 0 aliphatic rings. The quantitative estimate of drug-likeness (QED) is 0.304. The second-order valence-electron chi connectivity index (χ2n) is 7.50. The average molecular weight is 472 g/mol. The predicted octanol–water partition coefficient (Wildman–Crippen LogP) is 5.77. The SMILES string of the molecule is CC(=O)N(c1nc(CSc2nnc(-c3ccco3)n2CC(C)C)cs1)c1ccccc1F. The fourth-order valence-corrected chi connectivity index (χ4v) is 4.98. The lowest BCUT2D eigenvalue weighted by atomic mass is 10.2. The molecular weight excluding hydrogens is 449 g/mol. The highest BCUT2D eigenvalue weighted by molar-refractivity contribution is 7.98. The molecule has 0 aliphatic heterocycles. The van der Waals surface area contributed by atoms with Crippen LogP contribution in [0.1, 0.15) is 26.5 Å². The number of halogens is 1. The highest BCUT2D eigenvalue weighted by Gasteiger charge is 2.22. The number of carbonyl (C=O) groups is 1. The Hall–Kier alpha value is -2.98. The van der Waals surface area contributed by atoms with Crippen LogP contribution in [-0.4, -0.2) is 25.7 Å². The van der Waals surface area contributed by atoms with E-state index in [-0.39, 0.29) is 11.6 Å². The number of hydrogen-bond acceptors (Lipinski definition) is 7. The molecule has 4 rings (SSSR count). The summed E-state index contributed by atoms with van der Waals surface area (Å²) in [5.74, 6) is 1.52. The van der Waals surface area contributed by atoms with Gasteiger partial charge in [0.15, 0.2) is 21.9 Å². The van der Waals surface area contributed by atoms with Crippen LogP contribution >= 0.6 is 23.1 Å². The molecule has 4 aromatic rings. The number of nitrogens with zero attached hydrogens (tertiary/aromatic N) is 5. The maximum Gasteiger partial charge on any atom is 0.230 e. The molecule has 1 amide bonds. The first-order chi connectivity index (χ1) is 15.4. The third-order valence-corrected chi connectivity index (χ3v) is 6.37. The van der Waals surface area contributed by atoms with Crippen molar-refractivity contribution in [2.75, 3.05) is 4.90 Å². The van der Waals surface area contributed by atoms with Crippen molar-refractivity contribution < 1.29 is 13.6 Å². The summed E-state index contributed by atoms with van der Waals surface area (Å²) in [6, 6.07) is 9.86. The first kappa shape index (κ1) is 22.2. The normalized spacial score (nSPS) is 11.3. The highest BCUT2D eigenvalue weighted by Crippen LogP contribution is 2.33. The number of benzene rings is 1. The summed E-state index contributed by atoms with van der Waals surface area (Å²) in [6.07, 6.45) is 1.61. The highest BCUT2D eigenvalue weighted by atomic mass is 32.2. The molecule has 32 heavy (non-hydrogen) atoms. The molecule has 7 nitrogen and oxygen atoms in total. The van der Waals surface area contributed by atoms with Crippen LogP contribution in [0.5, 0.6) is 0 Å². The number of hydrogen-bond donors (Lipinski definition) is 0. The number of furan rings is 1. The van der Waals surface area contributed by atoms with E-state index in [1.165, 1.54) is 41.0 Å². The number of carbonyl (C=O) groups excluding carboxylic acids is 1. The van der Waals surface area contributed by atoms with Crippen molar-refractivity contribution in [3.63, 3.8) is 0 Å². The summed E-state index contributed by atoms with van der Waals surface area (Å²) in [6.45, 7) is 6.41. The Morgan fingerprint density at radius 3 is 2.75 bits per heavy atom. The molecule has 0 radical (unpaired) electrons. The van der Waals surface area contributed by atoms with Crippen LogP contribution < -0.4 is 4.90 Å². The number of rotatable bonds is 8. The summed E-state index contributed by atoms with van der Waals surface area (Å²) in [5.41, 5.74) is 0.963. The number of thioether (sulfide) groups is 1. The van der Waals surface area contributed by atoms with Gasteiger partial charge in [0.1, 0.15) is 5.82 Å². The maximum absolute atomic E-state index is 14.3. The molecule has 166 valence electrons. The number of para-hydroxylation sites is 1. The van der Waals surface area contributed by atoms with E-state index in [0.717, 1.165) is 17.4 Å². The van der Waals surface area contributed by atoms with Gasteiger partial charge >= 0.3 is 0 Å². The number of amides is 1. The van der Waals surface area contributed by atoms with Crippen molar-refractivity contribution in [2.45, 2.75) is 38.2 Å². The van der Waals surface area contributed by atoms with E-state index < -0.39 is 5.82 Å². The van der Waals surface area contributed by atoms with E-state index in [9.17, 15) is 9.18 Å². The third-order valence-electron chi connectivity index (χ3n) is 4.49. The van der Waals surface area contributed by atoms with Crippen molar-refractivity contribution in [1.29, 1.82) is 0 Å². The zero-order chi connectivity index (χ0) is 22.7. The number of aromatic nitrogens is 4. The molecule has 1 aromatic carbocycles. The van der Waals surface area contributed by atoms with Crippen molar-refractivity contribution in [1.82, 2.24) is 19.7 Å². The fraction of sp³-hybridized carbons (Fsp3) is 0.273. The maximum atomic E-state index is 14.3. The molecule has 0 bridgehead atoms. The molecule has 0 saturated heterocycles. The lowest BCUT2D eigenvalue weighted by molar-refractivity contribution is -0.115. The third kappa shape index (κ3) is 4.76. The van der Waals surface area contributed by atoms with Gasteiger partial charge in [0, 0.05) is 24.6 Å². The van der Waals surface area contributed by atoms with Crippen LogP contribution in [0.4, 0.5) is 15.2 Å². The van der Waals surface area contributed by atoms with Gasteiger partial charge in [-0.2, -0.15) is 0 Å². The Kier molecular flexibility index (Phi) is 6.71. The average Bonchev–Trinajstić information content (AvgIpc) is 3.49. The van der Waals surface area contributed by atoms with Gasteiger partial charge in [-0.05, 0) is 30.2 Å². The van der Waals surface area contributed by atoms with Crippen molar-refractivity contribution in [3.05, 3.63) is 59.6 Å². The topological polar surface area (TPSA) is 77.1 Å². The predicted molar refractivity (Wildman–Crippen MR) is 123 cm³/mol. The molecule has 0 fully saturated rings. The second kappa shape index (κ2) is 9.66. The molecule has 3 heterocycles. The first-order valence-corrected chi connectivity index (χ1v) is 11.9. The van der Waals surface area contributed by atoms with E-state index in [0.29, 0.717) is 28.4 Å². The standard InChI is InChI=1S/C22H22FN5O2S2/c1-14(2)11-27-20(19-9-6-10-30-19)25-26-22(27)32-13-16-12-31-21(24-16)28(15(3)29)18-8-5-4-7-17(18)23/h4-10,12,14H,11,13H2,1-3H3. The second-order valence-corrected chi connectivity index (χ2v) is 9.28. The van der Waals surface area contributed by atoms with Crippen LogP contribution in [0.15, 0.2) is 57.6 Å². The van der Waals surface area contributed by atoms with Crippen LogP contribution in [-0.2, 0) is 17.1 Å². The van der Waals surface area contributed by atoms with E-state index in [4.69, 9.17) is 4.42 Å². The van der Waals surface area contributed by atoms with E-state index >= 15 is 0 Å². The summed E-state index contributed by atoms with van der Waals surface area (Å²) in [4.78, 5) is 18.1.